The molecule has 0 radical (unpaired) electrons. The Balaban J connectivity index is 2.44. The second-order valence-corrected chi connectivity index (χ2v) is 7.85. The summed E-state index contributed by atoms with van der Waals surface area (Å²) in [5.74, 6) is -0.471. The third-order valence-corrected chi connectivity index (χ3v) is 5.09. The van der Waals surface area contributed by atoms with Crippen molar-refractivity contribution in [1.29, 1.82) is 0 Å². The van der Waals surface area contributed by atoms with Crippen LogP contribution in [0.5, 0.6) is 0 Å². The highest BCUT2D eigenvalue weighted by Gasteiger charge is 2.28. The number of ether oxygens (including phenoxy) is 1. The molecule has 1 N–H and O–H groups in total. The van der Waals surface area contributed by atoms with E-state index in [9.17, 15) is 13.2 Å². The van der Waals surface area contributed by atoms with Crippen LogP contribution in [0, 0.1) is 12.8 Å². The Morgan fingerprint density at radius 1 is 1.33 bits per heavy atom. The maximum atomic E-state index is 12.8. The number of pyridine rings is 1. The standard InChI is InChI=1S/C17H22N2O4S/c1-11(2)8-14(17(20)23-4)19-24(21,22)15-7-5-6-13-9-12(3)10-18-16(13)15/h5-7,9-11,14,19H,8H2,1-4H3. The zero-order valence-corrected chi connectivity index (χ0v) is 15.1. The molecular formula is C17H22N2O4S. The molecule has 7 heteroatoms. The van der Waals surface area contributed by atoms with Crippen LogP contribution in [0.1, 0.15) is 25.8 Å². The molecule has 0 aliphatic carbocycles. The third kappa shape index (κ3) is 4.10. The number of nitrogens with zero attached hydrogens (tertiary/aromatic N) is 1. The van der Waals surface area contributed by atoms with Gasteiger partial charge in [-0.1, -0.05) is 26.0 Å². The van der Waals surface area contributed by atoms with Gasteiger partial charge in [-0.25, -0.2) is 8.42 Å². The number of para-hydroxylation sites is 1. The number of methoxy groups -OCH3 is 1. The smallest absolute Gasteiger partial charge is 0.323 e. The fourth-order valence-electron chi connectivity index (χ4n) is 2.52. The van der Waals surface area contributed by atoms with Gasteiger partial charge >= 0.3 is 5.97 Å². The molecule has 0 saturated heterocycles. The number of nitrogens with one attached hydrogen (secondary N) is 1. The summed E-state index contributed by atoms with van der Waals surface area (Å²) >= 11 is 0. The Labute approximate surface area is 142 Å². The molecule has 0 bridgehead atoms. The van der Waals surface area contributed by atoms with Gasteiger partial charge in [0.1, 0.15) is 10.9 Å². The van der Waals surface area contributed by atoms with Crippen molar-refractivity contribution in [2.75, 3.05) is 7.11 Å². The van der Waals surface area contributed by atoms with E-state index in [1.165, 1.54) is 13.2 Å². The van der Waals surface area contributed by atoms with Crippen molar-refractivity contribution in [1.82, 2.24) is 9.71 Å². The molecule has 24 heavy (non-hydrogen) atoms. The van der Waals surface area contributed by atoms with Crippen LogP contribution in [0.15, 0.2) is 35.4 Å². The lowest BCUT2D eigenvalue weighted by Crippen LogP contribution is -2.42. The van der Waals surface area contributed by atoms with Gasteiger partial charge in [0.2, 0.25) is 10.0 Å². The van der Waals surface area contributed by atoms with Crippen molar-refractivity contribution in [2.45, 2.75) is 38.1 Å². The highest BCUT2D eigenvalue weighted by atomic mass is 32.2. The molecule has 1 atom stereocenters. The molecule has 2 aromatic rings. The van der Waals surface area contributed by atoms with Crippen LogP contribution in [0.25, 0.3) is 10.9 Å². The quantitative estimate of drug-likeness (QED) is 0.809. The van der Waals surface area contributed by atoms with Gasteiger partial charge in [-0.3, -0.25) is 9.78 Å². The van der Waals surface area contributed by atoms with E-state index in [-0.39, 0.29) is 10.8 Å². The summed E-state index contributed by atoms with van der Waals surface area (Å²) in [5, 5.41) is 0.733. The molecule has 130 valence electrons. The maximum absolute atomic E-state index is 12.8. The van der Waals surface area contributed by atoms with Crippen LogP contribution in [0.3, 0.4) is 0 Å². The summed E-state index contributed by atoms with van der Waals surface area (Å²) in [6.07, 6.45) is 1.97. The lowest BCUT2D eigenvalue weighted by molar-refractivity contribution is -0.143. The Morgan fingerprint density at radius 3 is 2.67 bits per heavy atom. The zero-order valence-electron chi connectivity index (χ0n) is 14.2. The fraction of sp³-hybridized carbons (Fsp3) is 0.412. The van der Waals surface area contributed by atoms with Crippen LogP contribution in [-0.2, 0) is 19.6 Å². The zero-order chi connectivity index (χ0) is 17.9. The van der Waals surface area contributed by atoms with Crippen molar-refractivity contribution in [3.63, 3.8) is 0 Å². The van der Waals surface area contributed by atoms with Crippen molar-refractivity contribution in [3.8, 4) is 0 Å². The monoisotopic (exact) mass is 350 g/mol. The maximum Gasteiger partial charge on any atom is 0.323 e. The first-order chi connectivity index (χ1) is 11.2. The number of aryl methyl sites for hydroxylation is 1. The van der Waals surface area contributed by atoms with Crippen LogP contribution in [0.2, 0.25) is 0 Å². The van der Waals surface area contributed by atoms with Crippen molar-refractivity contribution in [2.24, 2.45) is 5.92 Å². The van der Waals surface area contributed by atoms with E-state index in [0.717, 1.165) is 10.9 Å². The minimum absolute atomic E-state index is 0.0534. The second kappa shape index (κ2) is 7.27. The fourth-order valence-corrected chi connectivity index (χ4v) is 3.89. The molecule has 1 unspecified atom stereocenters. The number of aromatic nitrogens is 1. The first-order valence-electron chi connectivity index (χ1n) is 7.70. The molecule has 0 amide bonds. The van der Waals surface area contributed by atoms with Crippen LogP contribution in [0.4, 0.5) is 0 Å². The Kier molecular flexibility index (Phi) is 5.56. The summed E-state index contributed by atoms with van der Waals surface area (Å²) < 4.78 is 32.7. The van der Waals surface area contributed by atoms with Gasteiger partial charge in [-0.05, 0) is 37.0 Å². The minimum atomic E-state index is -3.91. The normalized spacial score (nSPS) is 13.2. The van der Waals surface area contributed by atoms with Crippen molar-refractivity contribution >= 4 is 26.9 Å². The van der Waals surface area contributed by atoms with E-state index < -0.39 is 22.0 Å². The van der Waals surface area contributed by atoms with Crippen LogP contribution < -0.4 is 4.72 Å². The topological polar surface area (TPSA) is 85.4 Å². The Morgan fingerprint density at radius 2 is 2.04 bits per heavy atom. The molecule has 0 spiro atoms. The highest BCUT2D eigenvalue weighted by molar-refractivity contribution is 7.89. The van der Waals surface area contributed by atoms with E-state index in [2.05, 4.69) is 9.71 Å². The summed E-state index contributed by atoms with van der Waals surface area (Å²) in [6.45, 7) is 5.71. The molecule has 0 aliphatic rings. The number of hydrogen-bond acceptors (Lipinski definition) is 5. The summed E-state index contributed by atoms with van der Waals surface area (Å²) in [6, 6.07) is 5.89. The second-order valence-electron chi connectivity index (χ2n) is 6.17. The highest BCUT2D eigenvalue weighted by Crippen LogP contribution is 2.22. The minimum Gasteiger partial charge on any atom is -0.468 e. The number of carbonyl (C=O) groups excluding carboxylic acids is 1. The molecule has 1 heterocycles. The average Bonchev–Trinajstić information content (AvgIpc) is 2.51. The lowest BCUT2D eigenvalue weighted by atomic mass is 10.1. The first kappa shape index (κ1) is 18.4. The summed E-state index contributed by atoms with van der Waals surface area (Å²) in [7, 11) is -2.67. The number of rotatable bonds is 6. The molecule has 6 nitrogen and oxygen atoms in total. The molecule has 1 aromatic heterocycles. The molecule has 2 rings (SSSR count). The summed E-state index contributed by atoms with van der Waals surface area (Å²) in [4.78, 5) is 16.2. The van der Waals surface area contributed by atoms with Crippen LogP contribution in [-0.4, -0.2) is 32.5 Å². The molecule has 0 aliphatic heterocycles. The summed E-state index contributed by atoms with van der Waals surface area (Å²) in [5.41, 5.74) is 1.32. The van der Waals surface area contributed by atoms with E-state index in [1.54, 1.807) is 18.3 Å². The van der Waals surface area contributed by atoms with E-state index >= 15 is 0 Å². The number of sulfonamides is 1. The number of carbonyl (C=O) groups is 1. The van der Waals surface area contributed by atoms with Gasteiger partial charge in [-0.15, -0.1) is 0 Å². The van der Waals surface area contributed by atoms with Crippen molar-refractivity contribution in [3.05, 3.63) is 36.0 Å². The Bertz CT molecular complexity index is 847. The van der Waals surface area contributed by atoms with E-state index in [4.69, 9.17) is 4.74 Å². The lowest BCUT2D eigenvalue weighted by Gasteiger charge is -2.18. The number of benzene rings is 1. The predicted octanol–water partition coefficient (Wildman–Crippen LogP) is 2.41. The van der Waals surface area contributed by atoms with E-state index in [1.807, 2.05) is 26.8 Å². The largest absolute Gasteiger partial charge is 0.468 e. The van der Waals surface area contributed by atoms with Crippen LogP contribution >= 0.6 is 0 Å². The van der Waals surface area contributed by atoms with E-state index in [0.29, 0.717) is 11.9 Å². The van der Waals surface area contributed by atoms with Gasteiger partial charge in [-0.2, -0.15) is 4.72 Å². The Hall–Kier alpha value is -1.99. The van der Waals surface area contributed by atoms with Gasteiger partial charge in [0.15, 0.2) is 0 Å². The predicted molar refractivity (Wildman–Crippen MR) is 92.1 cm³/mol. The van der Waals surface area contributed by atoms with Gasteiger partial charge in [0.25, 0.3) is 0 Å². The SMILES string of the molecule is COC(=O)C(CC(C)C)NS(=O)(=O)c1cccc2cc(C)cnc12. The number of hydrogen-bond donors (Lipinski definition) is 1. The first-order valence-corrected chi connectivity index (χ1v) is 9.18. The molecule has 0 saturated carbocycles. The number of esters is 1. The average molecular weight is 350 g/mol. The number of fused-ring (bicyclic) bond motifs is 1. The van der Waals surface area contributed by atoms with Gasteiger partial charge in [0.05, 0.1) is 12.6 Å². The molecular weight excluding hydrogens is 328 g/mol. The van der Waals surface area contributed by atoms with Gasteiger partial charge in [0, 0.05) is 11.6 Å². The molecule has 0 fully saturated rings. The van der Waals surface area contributed by atoms with Crippen molar-refractivity contribution < 1.29 is 17.9 Å². The van der Waals surface area contributed by atoms with Gasteiger partial charge < -0.3 is 4.74 Å². The molecule has 1 aromatic carbocycles. The third-order valence-electron chi connectivity index (χ3n) is 3.59.